The molecule has 0 aliphatic carbocycles. The van der Waals surface area contributed by atoms with Crippen LogP contribution < -0.4 is 10.1 Å². The summed E-state index contributed by atoms with van der Waals surface area (Å²) in [5.74, 6) is 0.0746. The van der Waals surface area contributed by atoms with Crippen molar-refractivity contribution in [3.8, 4) is 5.75 Å². The van der Waals surface area contributed by atoms with Gasteiger partial charge < -0.3 is 19.2 Å². The molecule has 2 aromatic heterocycles. The van der Waals surface area contributed by atoms with Gasteiger partial charge in [0.1, 0.15) is 23.1 Å². The van der Waals surface area contributed by atoms with Crippen LogP contribution in [0.4, 0.5) is 5.00 Å². The molecule has 0 spiro atoms. The van der Waals surface area contributed by atoms with Crippen molar-refractivity contribution in [2.24, 2.45) is 0 Å². The van der Waals surface area contributed by atoms with Crippen LogP contribution in [0.25, 0.3) is 0 Å². The molecule has 0 saturated carbocycles. The van der Waals surface area contributed by atoms with Crippen LogP contribution in [-0.4, -0.2) is 19.0 Å². The molecule has 28 heavy (non-hydrogen) atoms. The summed E-state index contributed by atoms with van der Waals surface area (Å²) < 4.78 is 16.7. The standard InChI is InChI=1S/C19H15BrClNO5S/c1-10-7-13(19(24)25-2)18(28-10)22-17(23)16-6-4-12(27-16)9-26-15-5-3-11(20)8-14(15)21/h3-8H,9H2,1-2H3,(H,22,23). The summed E-state index contributed by atoms with van der Waals surface area (Å²) in [4.78, 5) is 25.1. The number of carbonyl (C=O) groups excluding carboxylic acids is 2. The Morgan fingerprint density at radius 1 is 1.25 bits per heavy atom. The lowest BCUT2D eigenvalue weighted by Gasteiger charge is -2.06. The maximum Gasteiger partial charge on any atom is 0.340 e. The van der Waals surface area contributed by atoms with Crippen LogP contribution in [0.2, 0.25) is 5.02 Å². The third-order valence-electron chi connectivity index (χ3n) is 3.64. The number of aryl methyl sites for hydroxylation is 1. The van der Waals surface area contributed by atoms with E-state index in [1.807, 2.05) is 13.0 Å². The molecule has 0 saturated heterocycles. The Bertz CT molecular complexity index is 1030. The number of benzene rings is 1. The number of furan rings is 1. The summed E-state index contributed by atoms with van der Waals surface area (Å²) in [6.07, 6.45) is 0. The van der Waals surface area contributed by atoms with Crippen molar-refractivity contribution in [2.45, 2.75) is 13.5 Å². The number of rotatable bonds is 6. The van der Waals surface area contributed by atoms with E-state index in [0.717, 1.165) is 9.35 Å². The zero-order valence-corrected chi connectivity index (χ0v) is 18.0. The molecule has 3 aromatic rings. The first kappa shape index (κ1) is 20.4. The molecule has 0 unspecified atom stereocenters. The Hall–Kier alpha value is -2.29. The number of ether oxygens (including phenoxy) is 2. The van der Waals surface area contributed by atoms with Gasteiger partial charge in [0.15, 0.2) is 5.76 Å². The highest BCUT2D eigenvalue weighted by atomic mass is 79.9. The second-order valence-corrected chi connectivity index (χ2v) is 8.25. The van der Waals surface area contributed by atoms with Crippen LogP contribution in [0, 0.1) is 6.92 Å². The highest BCUT2D eigenvalue weighted by Crippen LogP contribution is 2.30. The van der Waals surface area contributed by atoms with Gasteiger partial charge in [-0.05, 0) is 43.3 Å². The van der Waals surface area contributed by atoms with Gasteiger partial charge in [-0.1, -0.05) is 27.5 Å². The second kappa shape index (κ2) is 8.81. The van der Waals surface area contributed by atoms with Crippen LogP contribution in [0.5, 0.6) is 5.75 Å². The minimum absolute atomic E-state index is 0.0994. The highest BCUT2D eigenvalue weighted by molar-refractivity contribution is 9.10. The summed E-state index contributed by atoms with van der Waals surface area (Å²) >= 11 is 10.7. The SMILES string of the molecule is COC(=O)c1cc(C)sc1NC(=O)c1ccc(COc2ccc(Br)cc2Cl)o1. The summed E-state index contributed by atoms with van der Waals surface area (Å²) in [5, 5.41) is 3.55. The van der Waals surface area contributed by atoms with Crippen LogP contribution in [0.3, 0.4) is 0 Å². The van der Waals surface area contributed by atoms with Gasteiger partial charge in [0.25, 0.3) is 5.91 Å². The molecule has 0 bridgehead atoms. The fraction of sp³-hybridized carbons (Fsp3) is 0.158. The lowest BCUT2D eigenvalue weighted by Crippen LogP contribution is -2.13. The number of amides is 1. The maximum atomic E-state index is 12.4. The van der Waals surface area contributed by atoms with Gasteiger partial charge >= 0.3 is 5.97 Å². The molecule has 0 aliphatic heterocycles. The first-order chi connectivity index (χ1) is 13.4. The molecule has 0 radical (unpaired) electrons. The molecule has 6 nitrogen and oxygen atoms in total. The zero-order valence-electron chi connectivity index (χ0n) is 14.9. The minimum atomic E-state index is -0.514. The van der Waals surface area contributed by atoms with Gasteiger partial charge in [-0.15, -0.1) is 11.3 Å². The lowest BCUT2D eigenvalue weighted by molar-refractivity contribution is 0.0602. The highest BCUT2D eigenvalue weighted by Gasteiger charge is 2.19. The lowest BCUT2D eigenvalue weighted by atomic mass is 10.3. The Morgan fingerprint density at radius 3 is 2.75 bits per heavy atom. The average Bonchev–Trinajstić information content (AvgIpc) is 3.27. The molecule has 3 rings (SSSR count). The summed E-state index contributed by atoms with van der Waals surface area (Å²) in [6.45, 7) is 1.95. The molecule has 0 atom stereocenters. The number of esters is 1. The van der Waals surface area contributed by atoms with Crippen LogP contribution in [0.1, 0.15) is 31.6 Å². The van der Waals surface area contributed by atoms with Crippen molar-refractivity contribution in [3.63, 3.8) is 0 Å². The van der Waals surface area contributed by atoms with Gasteiger partial charge in [-0.25, -0.2) is 4.79 Å². The van der Waals surface area contributed by atoms with Crippen molar-refractivity contribution < 1.29 is 23.5 Å². The van der Waals surface area contributed by atoms with E-state index in [1.54, 1.807) is 24.3 Å². The van der Waals surface area contributed by atoms with E-state index < -0.39 is 11.9 Å². The molecule has 0 fully saturated rings. The molecular weight excluding hydrogens is 470 g/mol. The van der Waals surface area contributed by atoms with Gasteiger partial charge in [-0.3, -0.25) is 4.79 Å². The number of methoxy groups -OCH3 is 1. The molecule has 0 aliphatic rings. The van der Waals surface area contributed by atoms with Crippen molar-refractivity contribution in [1.29, 1.82) is 0 Å². The van der Waals surface area contributed by atoms with E-state index in [4.69, 9.17) is 25.5 Å². The van der Waals surface area contributed by atoms with Crippen molar-refractivity contribution in [3.05, 3.63) is 67.9 Å². The van der Waals surface area contributed by atoms with Crippen molar-refractivity contribution in [2.75, 3.05) is 12.4 Å². The average molecular weight is 485 g/mol. The second-order valence-electron chi connectivity index (χ2n) is 5.67. The van der Waals surface area contributed by atoms with Crippen molar-refractivity contribution >= 4 is 55.7 Å². The topological polar surface area (TPSA) is 77.8 Å². The first-order valence-corrected chi connectivity index (χ1v) is 10.0. The Morgan fingerprint density at radius 2 is 2.04 bits per heavy atom. The van der Waals surface area contributed by atoms with Gasteiger partial charge in [-0.2, -0.15) is 0 Å². The Kier molecular flexibility index (Phi) is 6.43. The third kappa shape index (κ3) is 4.76. The number of hydrogen-bond acceptors (Lipinski definition) is 6. The largest absolute Gasteiger partial charge is 0.484 e. The minimum Gasteiger partial charge on any atom is -0.484 e. The van der Waals surface area contributed by atoms with Crippen LogP contribution in [0.15, 0.2) is 45.3 Å². The van der Waals surface area contributed by atoms with Crippen molar-refractivity contribution in [1.82, 2.24) is 0 Å². The van der Waals surface area contributed by atoms with E-state index >= 15 is 0 Å². The number of thiophene rings is 1. The maximum absolute atomic E-state index is 12.4. The van der Waals surface area contributed by atoms with E-state index in [2.05, 4.69) is 21.2 Å². The fourth-order valence-corrected chi connectivity index (χ4v) is 3.97. The Balaban J connectivity index is 1.67. The van der Waals surface area contributed by atoms with E-state index in [1.165, 1.54) is 24.5 Å². The number of carbonyl (C=O) groups is 2. The normalized spacial score (nSPS) is 10.6. The smallest absolute Gasteiger partial charge is 0.340 e. The number of anilines is 1. The quantitative estimate of drug-likeness (QED) is 0.455. The summed E-state index contributed by atoms with van der Waals surface area (Å²) in [7, 11) is 1.29. The first-order valence-electron chi connectivity index (χ1n) is 8.04. The molecule has 1 N–H and O–H groups in total. The third-order valence-corrected chi connectivity index (χ3v) is 5.39. The molecule has 9 heteroatoms. The predicted molar refractivity (Wildman–Crippen MR) is 111 cm³/mol. The Labute approximate surface area is 178 Å². The number of nitrogens with one attached hydrogen (secondary N) is 1. The zero-order chi connectivity index (χ0) is 20.3. The molecule has 1 aromatic carbocycles. The molecule has 1 amide bonds. The molecule has 146 valence electrons. The van der Waals surface area contributed by atoms with Gasteiger partial charge in [0.05, 0.1) is 17.7 Å². The van der Waals surface area contributed by atoms with Crippen LogP contribution >= 0.6 is 38.9 Å². The fourth-order valence-electron chi connectivity index (χ4n) is 2.35. The number of hydrogen-bond donors (Lipinski definition) is 1. The monoisotopic (exact) mass is 483 g/mol. The van der Waals surface area contributed by atoms with E-state index in [9.17, 15) is 9.59 Å². The molecular formula is C19H15BrClNO5S. The summed E-state index contributed by atoms with van der Waals surface area (Å²) in [5.41, 5.74) is 0.304. The van der Waals surface area contributed by atoms with Gasteiger partial charge in [0.2, 0.25) is 0 Å². The number of halogens is 2. The van der Waals surface area contributed by atoms with Crippen LogP contribution in [-0.2, 0) is 11.3 Å². The van der Waals surface area contributed by atoms with E-state index in [-0.39, 0.29) is 12.4 Å². The summed E-state index contributed by atoms with van der Waals surface area (Å²) in [6, 6.07) is 10.1. The predicted octanol–water partition coefficient (Wildman–Crippen LogP) is 5.68. The van der Waals surface area contributed by atoms with Gasteiger partial charge in [0, 0.05) is 9.35 Å². The van der Waals surface area contributed by atoms with E-state index in [0.29, 0.717) is 27.1 Å². The molecule has 2 heterocycles.